The molecule has 1 aromatic rings. The van der Waals surface area contributed by atoms with Crippen LogP contribution in [0.3, 0.4) is 0 Å². The number of ether oxygens (including phenoxy) is 1. The molecule has 2 aliphatic heterocycles. The van der Waals surface area contributed by atoms with Crippen molar-refractivity contribution in [2.24, 2.45) is 0 Å². The number of piperazine rings is 1. The maximum atomic E-state index is 13.7. The molecular weight excluding hydrogens is 269 g/mol. The molecule has 0 saturated carbocycles. The first-order chi connectivity index (χ1) is 10.2. The van der Waals surface area contributed by atoms with Crippen molar-refractivity contribution in [3.63, 3.8) is 0 Å². The third-order valence-corrected chi connectivity index (χ3v) is 4.56. The monoisotopic (exact) mass is 289 g/mol. The Labute approximate surface area is 124 Å². The molecule has 0 amide bonds. The average Bonchev–Trinajstić information content (AvgIpc) is 2.68. The molecule has 0 spiro atoms. The second kappa shape index (κ2) is 5.63. The predicted molar refractivity (Wildman–Crippen MR) is 77.5 cm³/mol. The summed E-state index contributed by atoms with van der Waals surface area (Å²) in [7, 11) is 2.08. The molecule has 0 radical (unpaired) electrons. The first kappa shape index (κ1) is 14.3. The highest BCUT2D eigenvalue weighted by Gasteiger charge is 2.43. The van der Waals surface area contributed by atoms with E-state index in [0.29, 0.717) is 24.3 Å². The Kier molecular flexibility index (Phi) is 3.83. The molecule has 21 heavy (non-hydrogen) atoms. The van der Waals surface area contributed by atoms with Gasteiger partial charge in [-0.1, -0.05) is 0 Å². The number of nitriles is 1. The van der Waals surface area contributed by atoms with Crippen LogP contribution >= 0.6 is 0 Å². The van der Waals surface area contributed by atoms with Crippen LogP contribution < -0.4 is 4.74 Å². The smallest absolute Gasteiger partial charge is 0.138 e. The van der Waals surface area contributed by atoms with Crippen LogP contribution in [-0.2, 0) is 5.54 Å². The van der Waals surface area contributed by atoms with Crippen LogP contribution in [0.4, 0.5) is 4.39 Å². The highest BCUT2D eigenvalue weighted by molar-refractivity contribution is 5.44. The molecule has 5 heteroatoms. The fourth-order valence-electron chi connectivity index (χ4n) is 3.30. The van der Waals surface area contributed by atoms with Gasteiger partial charge < -0.3 is 9.64 Å². The van der Waals surface area contributed by atoms with E-state index in [9.17, 15) is 9.65 Å². The van der Waals surface area contributed by atoms with Gasteiger partial charge in [0.1, 0.15) is 17.1 Å². The lowest BCUT2D eigenvalue weighted by Crippen LogP contribution is -2.54. The molecule has 1 saturated heterocycles. The zero-order valence-electron chi connectivity index (χ0n) is 12.3. The molecule has 1 fully saturated rings. The summed E-state index contributed by atoms with van der Waals surface area (Å²) in [6, 6.07) is 7.01. The Bertz CT molecular complexity index is 563. The van der Waals surface area contributed by atoms with Gasteiger partial charge in [0.2, 0.25) is 0 Å². The molecule has 4 nitrogen and oxygen atoms in total. The molecule has 3 rings (SSSR count). The molecule has 1 atom stereocenters. The highest BCUT2D eigenvalue weighted by atomic mass is 19.1. The Morgan fingerprint density at radius 3 is 2.76 bits per heavy atom. The van der Waals surface area contributed by atoms with E-state index in [0.717, 1.165) is 32.6 Å². The lowest BCUT2D eigenvalue weighted by molar-refractivity contribution is 0.0664. The summed E-state index contributed by atoms with van der Waals surface area (Å²) < 4.78 is 19.5. The normalized spacial score (nSPS) is 27.3. The number of rotatable bonds is 1. The standard InChI is InChI=1S/C16H20FN3O/c1-19-6-8-20(9-7-19)16(12-18)5-2-10-21-15-4-3-13(17)11-14(15)16/h3-4,11H,2,5-10H2,1H3. The molecule has 1 aromatic carbocycles. The first-order valence-corrected chi connectivity index (χ1v) is 7.43. The van der Waals surface area contributed by atoms with Crippen LogP contribution in [0.1, 0.15) is 18.4 Å². The summed E-state index contributed by atoms with van der Waals surface area (Å²) in [6.45, 7) is 4.07. The maximum absolute atomic E-state index is 13.7. The van der Waals surface area contributed by atoms with E-state index >= 15 is 0 Å². The Morgan fingerprint density at radius 2 is 2.05 bits per heavy atom. The molecule has 0 aromatic heterocycles. The van der Waals surface area contributed by atoms with Gasteiger partial charge in [-0.3, -0.25) is 4.90 Å². The largest absolute Gasteiger partial charge is 0.493 e. The Hall–Kier alpha value is -1.64. The van der Waals surface area contributed by atoms with Crippen LogP contribution in [0.2, 0.25) is 0 Å². The molecule has 0 aliphatic carbocycles. The number of hydrogen-bond acceptors (Lipinski definition) is 4. The summed E-state index contributed by atoms with van der Waals surface area (Å²) in [5, 5.41) is 9.94. The van der Waals surface area contributed by atoms with Crippen LogP contribution in [0.5, 0.6) is 5.75 Å². The minimum absolute atomic E-state index is 0.312. The minimum Gasteiger partial charge on any atom is -0.493 e. The van der Waals surface area contributed by atoms with Crippen molar-refractivity contribution in [1.29, 1.82) is 5.26 Å². The van der Waals surface area contributed by atoms with E-state index in [1.54, 1.807) is 6.07 Å². The van der Waals surface area contributed by atoms with Crippen molar-refractivity contribution in [2.75, 3.05) is 39.8 Å². The van der Waals surface area contributed by atoms with E-state index in [1.807, 2.05) is 0 Å². The lowest BCUT2D eigenvalue weighted by Gasteiger charge is -2.43. The Morgan fingerprint density at radius 1 is 1.29 bits per heavy atom. The summed E-state index contributed by atoms with van der Waals surface area (Å²) in [5.41, 5.74) is -0.0816. The highest BCUT2D eigenvalue weighted by Crippen LogP contribution is 2.41. The fourth-order valence-corrected chi connectivity index (χ4v) is 3.30. The van der Waals surface area contributed by atoms with Gasteiger partial charge in [-0.25, -0.2) is 4.39 Å². The van der Waals surface area contributed by atoms with E-state index in [4.69, 9.17) is 4.74 Å². The number of fused-ring (bicyclic) bond motifs is 1. The number of benzene rings is 1. The second-order valence-corrected chi connectivity index (χ2v) is 5.85. The number of likely N-dealkylation sites (N-methyl/N-ethyl adjacent to an activating group) is 1. The number of hydrogen-bond donors (Lipinski definition) is 0. The van der Waals surface area contributed by atoms with E-state index in [-0.39, 0.29) is 5.82 Å². The maximum Gasteiger partial charge on any atom is 0.138 e. The van der Waals surface area contributed by atoms with Crippen molar-refractivity contribution >= 4 is 0 Å². The van der Waals surface area contributed by atoms with Crippen molar-refractivity contribution in [3.05, 3.63) is 29.6 Å². The minimum atomic E-state index is -0.769. The van der Waals surface area contributed by atoms with Crippen LogP contribution in [0.25, 0.3) is 0 Å². The van der Waals surface area contributed by atoms with Crippen LogP contribution in [-0.4, -0.2) is 49.6 Å². The van der Waals surface area contributed by atoms with E-state index < -0.39 is 5.54 Å². The summed E-state index contributed by atoms with van der Waals surface area (Å²) in [5.74, 6) is 0.336. The molecule has 2 heterocycles. The van der Waals surface area contributed by atoms with E-state index in [1.165, 1.54) is 12.1 Å². The van der Waals surface area contributed by atoms with Crippen molar-refractivity contribution in [1.82, 2.24) is 9.80 Å². The molecule has 2 aliphatic rings. The summed E-state index contributed by atoms with van der Waals surface area (Å²) in [4.78, 5) is 4.45. The Balaban J connectivity index is 2.05. The predicted octanol–water partition coefficient (Wildman–Crippen LogP) is 1.96. The van der Waals surface area contributed by atoms with Crippen LogP contribution in [0.15, 0.2) is 18.2 Å². The van der Waals surface area contributed by atoms with Gasteiger partial charge in [0.15, 0.2) is 0 Å². The molecule has 0 N–H and O–H groups in total. The summed E-state index contributed by atoms with van der Waals surface area (Å²) in [6.07, 6.45) is 1.49. The number of nitrogens with zero attached hydrogens (tertiary/aromatic N) is 3. The van der Waals surface area contributed by atoms with Crippen LogP contribution in [0, 0.1) is 17.1 Å². The van der Waals surface area contributed by atoms with Gasteiger partial charge in [0.25, 0.3) is 0 Å². The molecular formula is C16H20FN3O. The van der Waals surface area contributed by atoms with Gasteiger partial charge in [-0.2, -0.15) is 5.26 Å². The zero-order chi connectivity index (χ0) is 14.9. The summed E-state index contributed by atoms with van der Waals surface area (Å²) >= 11 is 0. The quantitative estimate of drug-likeness (QED) is 0.792. The van der Waals surface area contributed by atoms with Gasteiger partial charge >= 0.3 is 0 Å². The van der Waals surface area contributed by atoms with Crippen molar-refractivity contribution in [3.8, 4) is 11.8 Å². The lowest BCUT2D eigenvalue weighted by atomic mass is 9.84. The third-order valence-electron chi connectivity index (χ3n) is 4.56. The first-order valence-electron chi connectivity index (χ1n) is 7.43. The van der Waals surface area contributed by atoms with Gasteiger partial charge in [0, 0.05) is 31.7 Å². The zero-order valence-corrected chi connectivity index (χ0v) is 12.3. The molecule has 0 bridgehead atoms. The molecule has 1 unspecified atom stereocenters. The van der Waals surface area contributed by atoms with Crippen molar-refractivity contribution < 1.29 is 9.13 Å². The van der Waals surface area contributed by atoms with Gasteiger partial charge in [-0.05, 0) is 38.1 Å². The topological polar surface area (TPSA) is 39.5 Å². The van der Waals surface area contributed by atoms with E-state index in [2.05, 4.69) is 22.9 Å². The number of halogens is 1. The fraction of sp³-hybridized carbons (Fsp3) is 0.562. The average molecular weight is 289 g/mol. The SMILES string of the molecule is CN1CCN(C2(C#N)CCCOc3ccc(F)cc32)CC1. The molecule has 112 valence electrons. The van der Waals surface area contributed by atoms with Gasteiger partial charge in [0.05, 0.1) is 12.7 Å². The van der Waals surface area contributed by atoms with Gasteiger partial charge in [-0.15, -0.1) is 0 Å². The third kappa shape index (κ3) is 2.50. The second-order valence-electron chi connectivity index (χ2n) is 5.85. The van der Waals surface area contributed by atoms with Crippen molar-refractivity contribution in [2.45, 2.75) is 18.4 Å².